The number of allylic oxidation sites excluding steroid dienone is 9. The zero-order valence-electron chi connectivity index (χ0n) is 39.0. The Balaban J connectivity index is 1.63. The van der Waals surface area contributed by atoms with Gasteiger partial charge in [-0.3, -0.25) is 0 Å². The monoisotopic (exact) mass is 795 g/mol. The molecule has 4 aromatic carbocycles. The fourth-order valence-corrected chi connectivity index (χ4v) is 7.73. The molecule has 0 bridgehead atoms. The average molecular weight is 795 g/mol. The summed E-state index contributed by atoms with van der Waals surface area (Å²) >= 11 is 0. The lowest BCUT2D eigenvalue weighted by molar-refractivity contribution is 0.487. The first-order chi connectivity index (χ1) is 28.3. The molecule has 5 aromatic rings. The number of benzene rings is 4. The maximum atomic E-state index is 7.07. The topological polar surface area (TPSA) is 38.9 Å². The molecule has 5 rings (SSSR count). The highest BCUT2D eigenvalue weighted by Gasteiger charge is 2.26. The van der Waals surface area contributed by atoms with Crippen LogP contribution in [0, 0.1) is 17.8 Å². The van der Waals surface area contributed by atoms with Crippen molar-refractivity contribution < 1.29 is 0 Å². The first kappa shape index (κ1) is 45.6. The number of hydrogen-bond acceptors (Lipinski definition) is 2. The molecule has 2 heteroatoms. The van der Waals surface area contributed by atoms with Crippen LogP contribution in [0.4, 0.5) is 0 Å². The van der Waals surface area contributed by atoms with E-state index in [4.69, 9.17) is 10.7 Å². The van der Waals surface area contributed by atoms with E-state index in [0.717, 1.165) is 74.8 Å². The Kier molecular flexibility index (Phi) is 14.3. The SMILES string of the molecule is C=C(/C=C\C(=C/C)C(C)(C)C)c1ccc(/C=C/C=C(\N)c2ccc(C(C)(C)C/C=C(\C)C(C)(C)C)c3cc(-c4ccc(CC)cc4)c(-c4ccc(CC)cc4)nc23)cc1C. The minimum atomic E-state index is -0.163. The summed E-state index contributed by atoms with van der Waals surface area (Å²) in [5.74, 6) is 0. The van der Waals surface area contributed by atoms with Crippen LogP contribution in [-0.2, 0) is 18.3 Å². The highest BCUT2D eigenvalue weighted by molar-refractivity contribution is 5.99. The van der Waals surface area contributed by atoms with E-state index in [1.807, 2.05) is 6.08 Å². The van der Waals surface area contributed by atoms with E-state index in [9.17, 15) is 0 Å². The number of nitrogens with two attached hydrogens (primary N) is 1. The molecule has 0 fully saturated rings. The summed E-state index contributed by atoms with van der Waals surface area (Å²) in [5, 5.41) is 1.13. The largest absolute Gasteiger partial charge is 0.398 e. The Morgan fingerprint density at radius 1 is 0.733 bits per heavy atom. The Morgan fingerprint density at radius 2 is 1.33 bits per heavy atom. The summed E-state index contributed by atoms with van der Waals surface area (Å²) < 4.78 is 0. The second-order valence-electron chi connectivity index (χ2n) is 19.2. The van der Waals surface area contributed by atoms with E-state index >= 15 is 0 Å². The van der Waals surface area contributed by atoms with E-state index in [-0.39, 0.29) is 16.2 Å². The third-order valence-electron chi connectivity index (χ3n) is 12.2. The molecule has 0 amide bonds. The highest BCUT2D eigenvalue weighted by atomic mass is 14.7. The van der Waals surface area contributed by atoms with Crippen LogP contribution < -0.4 is 5.73 Å². The lowest BCUT2D eigenvalue weighted by Crippen LogP contribution is -2.18. The van der Waals surface area contributed by atoms with Crippen LogP contribution in [-0.4, -0.2) is 4.98 Å². The molecule has 60 heavy (non-hydrogen) atoms. The molecule has 0 spiro atoms. The van der Waals surface area contributed by atoms with Crippen LogP contribution in [0.2, 0.25) is 0 Å². The van der Waals surface area contributed by atoms with Gasteiger partial charge in [0, 0.05) is 27.8 Å². The molecule has 0 unspecified atom stereocenters. The molecule has 2 N–H and O–H groups in total. The quantitative estimate of drug-likeness (QED) is 0.0952. The van der Waals surface area contributed by atoms with Gasteiger partial charge >= 0.3 is 0 Å². The van der Waals surface area contributed by atoms with Gasteiger partial charge < -0.3 is 5.73 Å². The third-order valence-corrected chi connectivity index (χ3v) is 12.2. The maximum absolute atomic E-state index is 7.07. The number of hydrogen-bond donors (Lipinski definition) is 1. The van der Waals surface area contributed by atoms with Crippen molar-refractivity contribution in [3.63, 3.8) is 0 Å². The van der Waals surface area contributed by atoms with Gasteiger partial charge in [-0.05, 0) is 119 Å². The molecule has 0 aliphatic heterocycles. The summed E-state index contributed by atoms with van der Waals surface area (Å²) in [4.78, 5) is 5.62. The number of aryl methyl sites for hydroxylation is 3. The van der Waals surface area contributed by atoms with Crippen LogP contribution in [0.3, 0.4) is 0 Å². The Labute approximate surface area is 363 Å². The fourth-order valence-electron chi connectivity index (χ4n) is 7.73. The number of pyridine rings is 1. The lowest BCUT2D eigenvalue weighted by Gasteiger charge is -2.28. The van der Waals surface area contributed by atoms with E-state index in [2.05, 4.69) is 218 Å². The molecule has 0 saturated carbocycles. The van der Waals surface area contributed by atoms with Crippen molar-refractivity contribution in [3.05, 3.63) is 178 Å². The molecule has 1 heterocycles. The molecule has 1 aromatic heterocycles. The van der Waals surface area contributed by atoms with Crippen molar-refractivity contribution in [1.29, 1.82) is 0 Å². The van der Waals surface area contributed by atoms with E-state index in [1.54, 1.807) is 0 Å². The van der Waals surface area contributed by atoms with Crippen molar-refractivity contribution in [1.82, 2.24) is 4.98 Å². The molecule has 0 radical (unpaired) electrons. The lowest BCUT2D eigenvalue weighted by atomic mass is 9.76. The van der Waals surface area contributed by atoms with Gasteiger partial charge in [0.1, 0.15) is 0 Å². The zero-order chi connectivity index (χ0) is 44.0. The molecule has 312 valence electrons. The van der Waals surface area contributed by atoms with Crippen LogP contribution in [0.1, 0.15) is 128 Å². The maximum Gasteiger partial charge on any atom is 0.0805 e. The van der Waals surface area contributed by atoms with E-state index in [0.29, 0.717) is 5.70 Å². The van der Waals surface area contributed by atoms with Gasteiger partial charge in [0.25, 0.3) is 0 Å². The Morgan fingerprint density at radius 3 is 1.88 bits per heavy atom. The second-order valence-corrected chi connectivity index (χ2v) is 19.2. The van der Waals surface area contributed by atoms with Crippen molar-refractivity contribution in [2.45, 2.75) is 115 Å². The van der Waals surface area contributed by atoms with Gasteiger partial charge in [-0.1, -0.05) is 197 Å². The molecular formula is C58H70N2. The number of aromatic nitrogens is 1. The summed E-state index contributed by atoms with van der Waals surface area (Å²) in [5.41, 5.74) is 25.0. The first-order valence-corrected chi connectivity index (χ1v) is 21.9. The molecule has 0 saturated heterocycles. The van der Waals surface area contributed by atoms with Crippen LogP contribution in [0.25, 0.3) is 50.6 Å². The minimum Gasteiger partial charge on any atom is -0.398 e. The number of fused-ring (bicyclic) bond motifs is 1. The first-order valence-electron chi connectivity index (χ1n) is 21.9. The van der Waals surface area contributed by atoms with Gasteiger partial charge in [-0.15, -0.1) is 0 Å². The number of nitrogens with zero attached hydrogens (tertiary/aromatic N) is 1. The van der Waals surface area contributed by atoms with Gasteiger partial charge in [0.15, 0.2) is 0 Å². The van der Waals surface area contributed by atoms with Gasteiger partial charge in [-0.2, -0.15) is 0 Å². The van der Waals surface area contributed by atoms with Gasteiger partial charge in [0.05, 0.1) is 11.2 Å². The van der Waals surface area contributed by atoms with Crippen LogP contribution >= 0.6 is 0 Å². The van der Waals surface area contributed by atoms with Crippen molar-refractivity contribution in [2.24, 2.45) is 16.6 Å². The standard InChI is InChI=1S/C58H70N2/c1-15-42-22-27-45(28-23-42)50-38-51-52(58(13,14)36-35-41(6)56(7,8)9)34-33-49(55(51)60-54(50)46-29-24-43(16-2)25-30-46)53(59)20-18-19-44-26-32-48(40(5)37-44)39(4)21-31-47(17-3)57(10,11)12/h17-35,37-38H,4,15-16,36,59H2,1-3,5-14H3/b19-18+,31-21-,41-35+,47-17+,53-20-. The Hall–Kier alpha value is -5.47. The molecule has 2 nitrogen and oxygen atoms in total. The van der Waals surface area contributed by atoms with Gasteiger partial charge in [0.2, 0.25) is 0 Å². The van der Waals surface area contributed by atoms with Crippen molar-refractivity contribution in [3.8, 4) is 22.4 Å². The van der Waals surface area contributed by atoms with Gasteiger partial charge in [-0.25, -0.2) is 4.98 Å². The minimum absolute atomic E-state index is 0.0846. The highest BCUT2D eigenvalue weighted by Crippen LogP contribution is 2.41. The molecule has 0 aliphatic carbocycles. The number of rotatable bonds is 13. The fraction of sp³-hybridized carbons (Fsp3) is 0.328. The second kappa shape index (κ2) is 18.8. The van der Waals surface area contributed by atoms with Crippen molar-refractivity contribution >= 4 is 28.2 Å². The summed E-state index contributed by atoms with van der Waals surface area (Å²) in [6, 6.07) is 31.3. The third kappa shape index (κ3) is 10.8. The summed E-state index contributed by atoms with van der Waals surface area (Å²) in [6.07, 6.45) is 18.0. The summed E-state index contributed by atoms with van der Waals surface area (Å²) in [6.45, 7) is 33.6. The van der Waals surface area contributed by atoms with Crippen LogP contribution in [0.15, 0.2) is 139 Å². The smallest absolute Gasteiger partial charge is 0.0805 e. The van der Waals surface area contributed by atoms with E-state index in [1.165, 1.54) is 33.4 Å². The summed E-state index contributed by atoms with van der Waals surface area (Å²) in [7, 11) is 0. The van der Waals surface area contributed by atoms with Crippen LogP contribution in [0.5, 0.6) is 0 Å². The normalized spacial score (nSPS) is 13.6. The average Bonchev–Trinajstić information content (AvgIpc) is 3.21. The predicted molar refractivity (Wildman–Crippen MR) is 266 cm³/mol. The molecular weight excluding hydrogens is 725 g/mol. The zero-order valence-corrected chi connectivity index (χ0v) is 39.0. The van der Waals surface area contributed by atoms with Crippen molar-refractivity contribution in [2.75, 3.05) is 0 Å². The van der Waals surface area contributed by atoms with E-state index < -0.39 is 0 Å². The predicted octanol–water partition coefficient (Wildman–Crippen LogP) is 16.2. The Bertz CT molecular complexity index is 2480. The molecule has 0 aliphatic rings. The molecule has 0 atom stereocenters.